The number of hydrogen-bond donors (Lipinski definition) is 4. The zero-order chi connectivity index (χ0) is 36.8. The molecule has 1 aromatic rings. The van der Waals surface area contributed by atoms with E-state index in [1.165, 1.54) is 9.80 Å². The Morgan fingerprint density at radius 1 is 0.980 bits per heavy atom. The molecule has 1 fully saturated rings. The van der Waals surface area contributed by atoms with Crippen molar-refractivity contribution in [3.05, 3.63) is 35.9 Å². The van der Waals surface area contributed by atoms with Crippen LogP contribution in [0.4, 0.5) is 13.2 Å². The topological polar surface area (TPSA) is 122 Å². The molecular weight excluding hydrogens is 637 g/mol. The largest absolute Gasteiger partial charge is 0.389 e. The SMILES string of the molecule is C#CCC(O)C(O)C(CC1CCCCC1)NC(=O)[C@@H](NC(=O)C(CC(=O)N(C)CCN(C)CF)Cc1ccccc1)C(C#C)CC.FCF. The van der Waals surface area contributed by atoms with E-state index >= 15 is 0 Å². The number of hydrogen-bond acceptors (Lipinski definition) is 6. The fourth-order valence-electron chi connectivity index (χ4n) is 5.95. The summed E-state index contributed by atoms with van der Waals surface area (Å²) in [7, 11) is 3.22. The number of terminal acetylenes is 2. The molecule has 4 N–H and O–H groups in total. The van der Waals surface area contributed by atoms with Crippen molar-refractivity contribution in [2.75, 3.05) is 40.9 Å². The second-order valence-electron chi connectivity index (χ2n) is 12.7. The molecule has 0 aliphatic heterocycles. The van der Waals surface area contributed by atoms with Crippen LogP contribution in [0.3, 0.4) is 0 Å². The van der Waals surface area contributed by atoms with Crippen molar-refractivity contribution in [2.45, 2.75) is 95.4 Å². The van der Waals surface area contributed by atoms with Gasteiger partial charge in [0.1, 0.15) is 18.9 Å². The lowest BCUT2D eigenvalue weighted by atomic mass is 9.82. The Kier molecular flexibility index (Phi) is 21.8. The number of amides is 3. The van der Waals surface area contributed by atoms with Gasteiger partial charge in [-0.25, -0.2) is 13.2 Å². The molecule has 0 aromatic heterocycles. The van der Waals surface area contributed by atoms with Crippen molar-refractivity contribution in [3.8, 4) is 24.7 Å². The van der Waals surface area contributed by atoms with E-state index in [0.717, 1.165) is 37.7 Å². The van der Waals surface area contributed by atoms with Crippen molar-refractivity contribution >= 4 is 17.7 Å². The third-order valence-electron chi connectivity index (χ3n) is 8.97. The third-order valence-corrected chi connectivity index (χ3v) is 8.97. The summed E-state index contributed by atoms with van der Waals surface area (Å²) in [6.45, 7) is 0.0477. The molecule has 49 heavy (non-hydrogen) atoms. The van der Waals surface area contributed by atoms with Crippen LogP contribution in [0.1, 0.15) is 70.3 Å². The molecule has 5 unspecified atom stereocenters. The highest BCUT2D eigenvalue weighted by Crippen LogP contribution is 2.29. The van der Waals surface area contributed by atoms with Crippen LogP contribution in [-0.4, -0.2) is 103 Å². The van der Waals surface area contributed by atoms with Crippen LogP contribution < -0.4 is 10.6 Å². The predicted octanol–water partition coefficient (Wildman–Crippen LogP) is 3.78. The van der Waals surface area contributed by atoms with Crippen molar-refractivity contribution < 1.29 is 37.8 Å². The number of likely N-dealkylation sites (N-methyl/N-ethyl adjacent to an activating group) is 2. The average molecular weight is 693 g/mol. The van der Waals surface area contributed by atoms with E-state index in [4.69, 9.17) is 12.8 Å². The zero-order valence-corrected chi connectivity index (χ0v) is 29.1. The Labute approximate surface area is 290 Å². The van der Waals surface area contributed by atoms with Gasteiger partial charge < -0.3 is 25.7 Å². The Balaban J connectivity index is 0.00000385. The molecule has 1 aliphatic rings. The third kappa shape index (κ3) is 16.1. The minimum absolute atomic E-state index is 0.0754. The Morgan fingerprint density at radius 2 is 1.61 bits per heavy atom. The molecule has 1 aliphatic carbocycles. The number of nitrogens with zero attached hydrogens (tertiary/aromatic N) is 2. The van der Waals surface area contributed by atoms with Crippen LogP contribution in [-0.2, 0) is 20.8 Å². The highest BCUT2D eigenvalue weighted by molar-refractivity contribution is 5.91. The van der Waals surface area contributed by atoms with Gasteiger partial charge in [0, 0.05) is 38.9 Å². The van der Waals surface area contributed by atoms with Crippen molar-refractivity contribution in [1.29, 1.82) is 0 Å². The predicted molar refractivity (Wildman–Crippen MR) is 185 cm³/mol. The second kappa shape index (κ2) is 24.5. The van der Waals surface area contributed by atoms with E-state index in [0.29, 0.717) is 19.4 Å². The van der Waals surface area contributed by atoms with Gasteiger partial charge in [0.15, 0.2) is 0 Å². The van der Waals surface area contributed by atoms with Crippen molar-refractivity contribution in [2.24, 2.45) is 17.8 Å². The van der Waals surface area contributed by atoms with Gasteiger partial charge in [0.05, 0.1) is 18.1 Å². The number of alkyl halides is 3. The molecular formula is C37H55F3N4O5. The van der Waals surface area contributed by atoms with Gasteiger partial charge in [-0.3, -0.25) is 19.3 Å². The van der Waals surface area contributed by atoms with Crippen molar-refractivity contribution in [1.82, 2.24) is 20.4 Å². The first kappa shape index (κ1) is 43.4. The Bertz CT molecular complexity index is 1190. The zero-order valence-electron chi connectivity index (χ0n) is 29.1. The summed E-state index contributed by atoms with van der Waals surface area (Å²) in [6, 6.07) is 7.34. The Hall–Kier alpha value is -3.58. The number of benzene rings is 1. The summed E-state index contributed by atoms with van der Waals surface area (Å²) >= 11 is 0. The maximum absolute atomic E-state index is 13.9. The molecule has 3 amide bonds. The van der Waals surface area contributed by atoms with Gasteiger partial charge in [-0.05, 0) is 37.8 Å². The quantitative estimate of drug-likeness (QED) is 0.129. The summed E-state index contributed by atoms with van der Waals surface area (Å²) in [5, 5.41) is 27.3. The van der Waals surface area contributed by atoms with E-state index in [-0.39, 0.29) is 37.6 Å². The average Bonchev–Trinajstić information content (AvgIpc) is 3.10. The summed E-state index contributed by atoms with van der Waals surface area (Å²) in [5.74, 6) is 2.40. The Morgan fingerprint density at radius 3 is 2.16 bits per heavy atom. The van der Waals surface area contributed by atoms with E-state index in [1.807, 2.05) is 37.3 Å². The normalized spacial score (nSPS) is 16.7. The molecule has 0 heterocycles. The molecule has 6 atom stereocenters. The number of rotatable bonds is 19. The number of halogens is 3. The van der Waals surface area contributed by atoms with Gasteiger partial charge in [-0.15, -0.1) is 24.7 Å². The van der Waals surface area contributed by atoms with Crippen LogP contribution in [0, 0.1) is 42.4 Å². The molecule has 0 bridgehead atoms. The van der Waals surface area contributed by atoms with Crippen LogP contribution in [0.5, 0.6) is 0 Å². The lowest BCUT2D eigenvalue weighted by Crippen LogP contribution is -2.57. The first-order valence-corrected chi connectivity index (χ1v) is 17.0. The highest BCUT2D eigenvalue weighted by atomic mass is 19.3. The fourth-order valence-corrected chi connectivity index (χ4v) is 5.95. The monoisotopic (exact) mass is 692 g/mol. The number of carbonyl (C=O) groups excluding carboxylic acids is 3. The lowest BCUT2D eigenvalue weighted by Gasteiger charge is -2.34. The van der Waals surface area contributed by atoms with Gasteiger partial charge in [0.25, 0.3) is 0 Å². The number of aliphatic hydroxyl groups excluding tert-OH is 2. The molecule has 2 rings (SSSR count). The van der Waals surface area contributed by atoms with E-state index in [2.05, 4.69) is 22.5 Å². The van der Waals surface area contributed by atoms with Gasteiger partial charge in [-0.2, -0.15) is 0 Å². The van der Waals surface area contributed by atoms with E-state index in [1.54, 1.807) is 14.1 Å². The number of carbonyl (C=O) groups is 3. The fraction of sp³-hybridized carbons (Fsp3) is 0.649. The summed E-state index contributed by atoms with van der Waals surface area (Å²) in [6.07, 6.45) is 14.7. The van der Waals surface area contributed by atoms with E-state index in [9.17, 15) is 37.8 Å². The molecule has 0 spiro atoms. The molecule has 0 radical (unpaired) electrons. The molecule has 1 saturated carbocycles. The van der Waals surface area contributed by atoms with Gasteiger partial charge in [0.2, 0.25) is 24.6 Å². The minimum atomic E-state index is -1.75. The number of nitrogens with one attached hydrogen (secondary N) is 2. The van der Waals surface area contributed by atoms with Crippen LogP contribution >= 0.6 is 0 Å². The summed E-state index contributed by atoms with van der Waals surface area (Å²) in [5.41, 5.74) is 0.846. The first-order valence-electron chi connectivity index (χ1n) is 17.0. The molecule has 12 heteroatoms. The summed E-state index contributed by atoms with van der Waals surface area (Å²) in [4.78, 5) is 43.9. The number of aliphatic hydroxyl groups is 2. The van der Waals surface area contributed by atoms with Gasteiger partial charge >= 0.3 is 0 Å². The van der Waals surface area contributed by atoms with Gasteiger partial charge in [-0.1, -0.05) is 69.4 Å². The van der Waals surface area contributed by atoms with Crippen molar-refractivity contribution in [3.63, 3.8) is 0 Å². The minimum Gasteiger partial charge on any atom is -0.389 e. The second-order valence-corrected chi connectivity index (χ2v) is 12.7. The maximum atomic E-state index is 13.9. The molecule has 274 valence electrons. The lowest BCUT2D eigenvalue weighted by molar-refractivity contribution is -0.137. The van der Waals surface area contributed by atoms with Crippen LogP contribution in [0.15, 0.2) is 30.3 Å². The molecule has 0 saturated heterocycles. The standard InChI is InChI=1S/C36H53FN4O5.CH2F2/c1-6-15-31(42)34(44)30(23-27-18-13-10-14-19-27)38-36(46)33(28(7-2)8-3)39-35(45)29(22-26-16-11-9-12-17-26)24-32(43)41(5)21-20-40(4)25-37;2-1-3/h1-2,9,11-12,16-17,27-31,33-34,42,44H,8,10,13-15,18-25H2,3-5H3,(H,38,46)(H,39,45);1H2/t28?,29?,30?,31?,33-,34?;/m0./s1. The van der Waals surface area contributed by atoms with Crippen LogP contribution in [0.25, 0.3) is 0 Å². The smallest absolute Gasteiger partial charge is 0.244 e. The summed E-state index contributed by atoms with van der Waals surface area (Å²) < 4.78 is 32.2. The van der Waals surface area contributed by atoms with Crippen LogP contribution in [0.2, 0.25) is 0 Å². The maximum Gasteiger partial charge on any atom is 0.244 e. The highest BCUT2D eigenvalue weighted by Gasteiger charge is 2.36. The van der Waals surface area contributed by atoms with E-state index < -0.39 is 61.7 Å². The first-order chi connectivity index (χ1) is 23.4. The molecule has 9 nitrogen and oxygen atoms in total. The molecule has 1 aromatic carbocycles.